The lowest BCUT2D eigenvalue weighted by Crippen LogP contribution is -2.15. The van der Waals surface area contributed by atoms with Crippen molar-refractivity contribution < 1.29 is 27.8 Å². The summed E-state index contributed by atoms with van der Waals surface area (Å²) >= 11 is 0. The highest BCUT2D eigenvalue weighted by atomic mass is 32.2. The molecule has 158 valence electrons. The van der Waals surface area contributed by atoms with Crippen molar-refractivity contribution in [3.05, 3.63) is 41.7 Å². The van der Waals surface area contributed by atoms with E-state index in [0.29, 0.717) is 22.3 Å². The topological polar surface area (TPSA) is 133 Å². The van der Waals surface area contributed by atoms with Crippen LogP contribution in [0.5, 0.6) is 11.5 Å². The molecule has 2 N–H and O–H groups in total. The van der Waals surface area contributed by atoms with Gasteiger partial charge >= 0.3 is 5.97 Å². The number of carboxylic acids is 1. The Labute approximate surface area is 172 Å². The van der Waals surface area contributed by atoms with Gasteiger partial charge in [0.05, 0.1) is 31.8 Å². The van der Waals surface area contributed by atoms with Crippen LogP contribution in [0.3, 0.4) is 0 Å². The predicted molar refractivity (Wildman–Crippen MR) is 110 cm³/mol. The number of aryl methyl sites for hydroxylation is 2. The fourth-order valence-electron chi connectivity index (χ4n) is 2.99. The standard InChI is InChI=1S/C19H20N4O6S/c1-11-14-9-13(10-20-19(14)23(2)21-11)22-30(26,27)16-8-12(5-6-17(24)25)7-15(28-3)18(16)29-4/h5-10,22H,1-4H3,(H,24,25)/b6-5+. The van der Waals surface area contributed by atoms with Gasteiger partial charge in [-0.3, -0.25) is 9.40 Å². The van der Waals surface area contributed by atoms with Crippen LogP contribution in [0.25, 0.3) is 17.1 Å². The number of sulfonamides is 1. The number of carbonyl (C=O) groups is 1. The van der Waals surface area contributed by atoms with Gasteiger partial charge in [0.15, 0.2) is 17.1 Å². The van der Waals surface area contributed by atoms with Gasteiger partial charge < -0.3 is 14.6 Å². The van der Waals surface area contributed by atoms with Crippen molar-refractivity contribution >= 4 is 38.8 Å². The number of pyridine rings is 1. The van der Waals surface area contributed by atoms with Crippen LogP contribution in [-0.4, -0.2) is 48.5 Å². The number of carboxylic acid groups (broad SMARTS) is 1. The third kappa shape index (κ3) is 4.06. The second kappa shape index (κ2) is 8.03. The number of nitrogens with zero attached hydrogens (tertiary/aromatic N) is 3. The van der Waals surface area contributed by atoms with E-state index in [1.807, 2.05) is 0 Å². The average Bonchev–Trinajstić information content (AvgIpc) is 2.98. The number of hydrogen-bond donors (Lipinski definition) is 2. The molecular formula is C19H20N4O6S. The first-order chi connectivity index (χ1) is 14.2. The first-order valence-corrected chi connectivity index (χ1v) is 10.1. The molecule has 0 unspecified atom stereocenters. The summed E-state index contributed by atoms with van der Waals surface area (Å²) in [6, 6.07) is 4.41. The van der Waals surface area contributed by atoms with Crippen molar-refractivity contribution in [2.24, 2.45) is 7.05 Å². The SMILES string of the molecule is COc1cc(/C=C/C(=O)O)cc(S(=O)(=O)Nc2cnc3c(c2)c(C)nn3C)c1OC. The van der Waals surface area contributed by atoms with Gasteiger partial charge in [0.1, 0.15) is 4.90 Å². The van der Waals surface area contributed by atoms with E-state index >= 15 is 0 Å². The molecule has 0 spiro atoms. The summed E-state index contributed by atoms with van der Waals surface area (Å²) in [7, 11) is 0.294. The van der Waals surface area contributed by atoms with Crippen LogP contribution in [0.1, 0.15) is 11.3 Å². The van der Waals surface area contributed by atoms with E-state index in [-0.39, 0.29) is 22.1 Å². The first-order valence-electron chi connectivity index (χ1n) is 8.65. The van der Waals surface area contributed by atoms with E-state index < -0.39 is 16.0 Å². The van der Waals surface area contributed by atoms with Gasteiger partial charge in [0.2, 0.25) is 0 Å². The quantitative estimate of drug-likeness (QED) is 0.543. The van der Waals surface area contributed by atoms with Gasteiger partial charge in [-0.2, -0.15) is 5.10 Å². The highest BCUT2D eigenvalue weighted by molar-refractivity contribution is 7.92. The van der Waals surface area contributed by atoms with Crippen LogP contribution < -0.4 is 14.2 Å². The molecule has 3 rings (SSSR count). The van der Waals surface area contributed by atoms with Crippen molar-refractivity contribution in [1.29, 1.82) is 0 Å². The van der Waals surface area contributed by atoms with E-state index in [1.165, 1.54) is 38.6 Å². The number of nitrogens with one attached hydrogen (secondary N) is 1. The minimum absolute atomic E-state index is 0.0101. The fourth-order valence-corrected chi connectivity index (χ4v) is 4.24. The van der Waals surface area contributed by atoms with Crippen LogP contribution in [0.4, 0.5) is 5.69 Å². The number of fused-ring (bicyclic) bond motifs is 1. The Bertz CT molecular complexity index is 1260. The average molecular weight is 432 g/mol. The molecule has 0 saturated carbocycles. The Kier molecular flexibility index (Phi) is 5.65. The molecule has 0 aliphatic heterocycles. The highest BCUT2D eigenvalue weighted by Gasteiger charge is 2.24. The number of anilines is 1. The molecule has 0 fully saturated rings. The number of hydrogen-bond acceptors (Lipinski definition) is 7. The molecule has 0 bridgehead atoms. The van der Waals surface area contributed by atoms with Gasteiger partial charge in [-0.25, -0.2) is 18.2 Å². The monoisotopic (exact) mass is 432 g/mol. The van der Waals surface area contributed by atoms with Crippen LogP contribution in [-0.2, 0) is 21.9 Å². The summed E-state index contributed by atoms with van der Waals surface area (Å²) in [4.78, 5) is 14.9. The van der Waals surface area contributed by atoms with E-state index in [2.05, 4.69) is 14.8 Å². The summed E-state index contributed by atoms with van der Waals surface area (Å²) in [6.45, 7) is 1.80. The van der Waals surface area contributed by atoms with Crippen LogP contribution >= 0.6 is 0 Å². The second-order valence-electron chi connectivity index (χ2n) is 6.34. The molecule has 0 saturated heterocycles. The van der Waals surface area contributed by atoms with Crippen LogP contribution in [0, 0.1) is 6.92 Å². The maximum absolute atomic E-state index is 13.1. The Balaban J connectivity index is 2.09. The summed E-state index contributed by atoms with van der Waals surface area (Å²) in [6.07, 6.45) is 3.54. The smallest absolute Gasteiger partial charge is 0.328 e. The highest BCUT2D eigenvalue weighted by Crippen LogP contribution is 2.37. The molecule has 0 amide bonds. The molecule has 0 aliphatic rings. The van der Waals surface area contributed by atoms with Crippen LogP contribution in [0.2, 0.25) is 0 Å². The number of methoxy groups -OCH3 is 2. The molecule has 0 radical (unpaired) electrons. The minimum atomic E-state index is -4.13. The fraction of sp³-hybridized carbons (Fsp3) is 0.211. The third-order valence-electron chi connectivity index (χ3n) is 4.29. The zero-order chi connectivity index (χ0) is 22.1. The molecule has 0 atom stereocenters. The van der Waals surface area contributed by atoms with Crippen molar-refractivity contribution in [2.75, 3.05) is 18.9 Å². The van der Waals surface area contributed by atoms with Crippen molar-refractivity contribution in [2.45, 2.75) is 11.8 Å². The Morgan fingerprint density at radius 2 is 1.97 bits per heavy atom. The number of aromatic nitrogens is 3. The minimum Gasteiger partial charge on any atom is -0.493 e. The molecule has 11 heteroatoms. The zero-order valence-corrected chi connectivity index (χ0v) is 17.5. The van der Waals surface area contributed by atoms with Crippen molar-refractivity contribution in [3.63, 3.8) is 0 Å². The third-order valence-corrected chi connectivity index (χ3v) is 5.68. The molecule has 30 heavy (non-hydrogen) atoms. The van der Waals surface area contributed by atoms with Crippen molar-refractivity contribution in [1.82, 2.24) is 14.8 Å². The zero-order valence-electron chi connectivity index (χ0n) is 16.7. The molecule has 3 aromatic rings. The van der Waals surface area contributed by atoms with Gasteiger partial charge in [-0.15, -0.1) is 0 Å². The number of rotatable bonds is 7. The maximum atomic E-state index is 13.1. The Morgan fingerprint density at radius 1 is 1.23 bits per heavy atom. The van der Waals surface area contributed by atoms with Crippen molar-refractivity contribution in [3.8, 4) is 11.5 Å². The summed E-state index contributed by atoms with van der Waals surface area (Å²) in [5.41, 5.74) is 1.88. The molecule has 2 aromatic heterocycles. The molecule has 0 aliphatic carbocycles. The van der Waals surface area contributed by atoms with Gasteiger partial charge in [-0.1, -0.05) is 0 Å². The van der Waals surface area contributed by atoms with E-state index in [1.54, 1.807) is 24.7 Å². The Hall–Kier alpha value is -3.60. The normalized spacial score (nSPS) is 11.7. The Morgan fingerprint density at radius 3 is 2.60 bits per heavy atom. The summed E-state index contributed by atoms with van der Waals surface area (Å²) < 4.78 is 40.8. The van der Waals surface area contributed by atoms with E-state index in [4.69, 9.17) is 14.6 Å². The van der Waals surface area contributed by atoms with E-state index in [0.717, 1.165) is 6.08 Å². The predicted octanol–water partition coefficient (Wildman–Crippen LogP) is 2.19. The lowest BCUT2D eigenvalue weighted by atomic mass is 10.2. The molecule has 2 heterocycles. The largest absolute Gasteiger partial charge is 0.493 e. The summed E-state index contributed by atoms with van der Waals surface area (Å²) in [5.74, 6) is -1.04. The maximum Gasteiger partial charge on any atom is 0.328 e. The van der Waals surface area contributed by atoms with Crippen LogP contribution in [0.15, 0.2) is 35.4 Å². The molecule has 1 aromatic carbocycles. The summed E-state index contributed by atoms with van der Waals surface area (Å²) in [5, 5.41) is 13.8. The second-order valence-corrected chi connectivity index (χ2v) is 7.99. The van der Waals surface area contributed by atoms with Gasteiger partial charge in [-0.05, 0) is 36.8 Å². The molecular weight excluding hydrogens is 412 g/mol. The number of benzene rings is 1. The van der Waals surface area contributed by atoms with Gasteiger partial charge in [0, 0.05) is 18.5 Å². The number of aliphatic carboxylic acids is 1. The lowest BCUT2D eigenvalue weighted by Gasteiger charge is -2.15. The lowest BCUT2D eigenvalue weighted by molar-refractivity contribution is -0.131. The molecule has 10 nitrogen and oxygen atoms in total. The first kappa shape index (κ1) is 21.1. The van der Waals surface area contributed by atoms with Gasteiger partial charge in [0.25, 0.3) is 10.0 Å². The van der Waals surface area contributed by atoms with E-state index in [9.17, 15) is 13.2 Å². The number of ether oxygens (including phenoxy) is 2.